The summed E-state index contributed by atoms with van der Waals surface area (Å²) >= 11 is 0. The highest BCUT2D eigenvalue weighted by atomic mass is 16.6. The van der Waals surface area contributed by atoms with Crippen LogP contribution >= 0.6 is 0 Å². The molecular weight excluding hydrogens is 560 g/mol. The van der Waals surface area contributed by atoms with Gasteiger partial charge in [0.05, 0.1) is 34.7 Å². The Balaban J connectivity index is 1.34. The van der Waals surface area contributed by atoms with E-state index < -0.39 is 41.9 Å². The second-order valence-corrected chi connectivity index (χ2v) is 10.1. The van der Waals surface area contributed by atoms with Crippen molar-refractivity contribution in [3.8, 4) is 11.4 Å². The van der Waals surface area contributed by atoms with Crippen LogP contribution in [0.5, 0.6) is 0 Å². The molecule has 4 heterocycles. The van der Waals surface area contributed by atoms with E-state index in [9.17, 15) is 29.1 Å². The molecule has 4 N–H and O–H groups in total. The van der Waals surface area contributed by atoms with Crippen molar-refractivity contribution in [3.63, 3.8) is 0 Å². The van der Waals surface area contributed by atoms with E-state index in [1.807, 2.05) is 6.07 Å². The zero-order valence-electron chi connectivity index (χ0n) is 23.1. The lowest BCUT2D eigenvalue weighted by Crippen LogP contribution is -2.44. The number of amides is 3. The zero-order valence-corrected chi connectivity index (χ0v) is 23.1. The van der Waals surface area contributed by atoms with Crippen LogP contribution in [0.25, 0.3) is 32.7 Å². The van der Waals surface area contributed by atoms with Crippen molar-refractivity contribution in [1.82, 2.24) is 20.2 Å². The minimum Gasteiger partial charge on any atom is -0.458 e. The van der Waals surface area contributed by atoms with Gasteiger partial charge in [0.1, 0.15) is 19.2 Å². The number of azide groups is 1. The standard InChI is InChI=1S/C28H26N8O7/c1-4-28(42)19-9-21-23-16(11-36(21)26(40)18(19)12-43-27(28)41)7-15-8-17(5-6-20(15)34-23)33-25(39)14(3)32-24(38)13(2)31-22(37)10-30-35-29/h5-9,14,42H,2,4,10-12H2,1,3H3,(H,31,37)(H,32,38)(H,33,39)/t14-,28-/m0/s1. The fraction of sp³-hybridized carbons (Fsp3) is 0.286. The van der Waals surface area contributed by atoms with E-state index >= 15 is 0 Å². The maximum absolute atomic E-state index is 13.3. The van der Waals surface area contributed by atoms with Gasteiger partial charge in [-0.3, -0.25) is 19.2 Å². The average molecular weight is 587 g/mol. The predicted molar refractivity (Wildman–Crippen MR) is 152 cm³/mol. The van der Waals surface area contributed by atoms with Gasteiger partial charge in [0, 0.05) is 27.1 Å². The number of carbonyl (C=O) groups is 4. The number of esters is 1. The molecule has 15 heteroatoms. The molecular formula is C28H26N8O7. The fourth-order valence-electron chi connectivity index (χ4n) is 5.02. The van der Waals surface area contributed by atoms with Gasteiger partial charge in [-0.25, -0.2) is 9.78 Å². The van der Waals surface area contributed by atoms with E-state index in [0.29, 0.717) is 28.0 Å². The van der Waals surface area contributed by atoms with Crippen LogP contribution < -0.4 is 21.5 Å². The van der Waals surface area contributed by atoms with Crippen LogP contribution in [0.4, 0.5) is 5.69 Å². The Hall–Kier alpha value is -5.53. The lowest BCUT2D eigenvalue weighted by atomic mass is 9.86. The number of aromatic nitrogens is 2. The molecule has 5 rings (SSSR count). The number of fused-ring (bicyclic) bond motifs is 5. The van der Waals surface area contributed by atoms with Gasteiger partial charge in [0.15, 0.2) is 5.60 Å². The number of pyridine rings is 2. The monoisotopic (exact) mass is 586 g/mol. The van der Waals surface area contributed by atoms with E-state index in [4.69, 9.17) is 15.3 Å². The number of aliphatic hydroxyl groups is 1. The number of nitrogens with one attached hydrogen (secondary N) is 3. The molecule has 0 aliphatic carbocycles. The van der Waals surface area contributed by atoms with Crippen molar-refractivity contribution in [3.05, 3.63) is 80.1 Å². The number of rotatable bonds is 8. The number of anilines is 1. The molecule has 2 atom stereocenters. The third-order valence-corrected chi connectivity index (χ3v) is 7.36. The van der Waals surface area contributed by atoms with Crippen molar-refractivity contribution in [2.24, 2.45) is 5.11 Å². The van der Waals surface area contributed by atoms with E-state index in [1.165, 1.54) is 11.5 Å². The lowest BCUT2D eigenvalue weighted by Gasteiger charge is -2.31. The van der Waals surface area contributed by atoms with Crippen molar-refractivity contribution in [2.75, 3.05) is 11.9 Å². The topological polar surface area (TPSA) is 217 Å². The van der Waals surface area contributed by atoms with Gasteiger partial charge in [-0.1, -0.05) is 18.6 Å². The summed E-state index contributed by atoms with van der Waals surface area (Å²) in [6, 6.07) is 7.50. The Kier molecular flexibility index (Phi) is 7.44. The molecule has 0 unspecified atom stereocenters. The van der Waals surface area contributed by atoms with Gasteiger partial charge in [-0.2, -0.15) is 0 Å². The van der Waals surface area contributed by atoms with Gasteiger partial charge in [0.2, 0.25) is 11.8 Å². The Bertz CT molecular complexity index is 1860. The summed E-state index contributed by atoms with van der Waals surface area (Å²) in [5, 5.41) is 22.1. The molecule has 0 saturated carbocycles. The van der Waals surface area contributed by atoms with Crippen LogP contribution in [0.1, 0.15) is 37.0 Å². The average Bonchev–Trinajstić information content (AvgIpc) is 3.34. The second kappa shape index (κ2) is 11.0. The molecule has 2 aliphatic rings. The number of hydrogen-bond donors (Lipinski definition) is 4. The van der Waals surface area contributed by atoms with Crippen LogP contribution in [0, 0.1) is 0 Å². The molecule has 1 aromatic carbocycles. The quantitative estimate of drug-likeness (QED) is 0.0777. The first kappa shape index (κ1) is 29.0. The Labute approximate surface area is 243 Å². The number of carbonyl (C=O) groups excluding carboxylic acids is 4. The Morgan fingerprint density at radius 2 is 2.05 bits per heavy atom. The van der Waals surface area contributed by atoms with Gasteiger partial charge < -0.3 is 30.4 Å². The molecule has 3 amide bonds. The maximum Gasteiger partial charge on any atom is 0.343 e. The first-order valence-electron chi connectivity index (χ1n) is 13.2. The number of benzene rings is 1. The molecule has 43 heavy (non-hydrogen) atoms. The molecule has 0 saturated heterocycles. The van der Waals surface area contributed by atoms with E-state index in [-0.39, 0.29) is 42.0 Å². The van der Waals surface area contributed by atoms with Crippen molar-refractivity contribution < 1.29 is 29.0 Å². The SMILES string of the molecule is C=C(NC(=O)CN=[N+]=[N-])C(=O)N[C@@H](C)C(=O)Nc1ccc2nc3c(cc2c1)Cn1c-3cc2c(c1=O)COC(=O)[C@]2(O)CC. The summed E-state index contributed by atoms with van der Waals surface area (Å²) in [4.78, 5) is 69.6. The Morgan fingerprint density at radius 3 is 2.77 bits per heavy atom. The largest absolute Gasteiger partial charge is 0.458 e. The fourth-order valence-corrected chi connectivity index (χ4v) is 5.02. The van der Waals surface area contributed by atoms with E-state index in [1.54, 1.807) is 31.2 Å². The molecule has 15 nitrogen and oxygen atoms in total. The predicted octanol–water partition coefficient (Wildman–Crippen LogP) is 1.46. The smallest absolute Gasteiger partial charge is 0.343 e. The van der Waals surface area contributed by atoms with Crippen LogP contribution in [0.3, 0.4) is 0 Å². The first-order chi connectivity index (χ1) is 20.5. The highest BCUT2D eigenvalue weighted by Gasteiger charge is 2.45. The van der Waals surface area contributed by atoms with E-state index in [0.717, 1.165) is 5.56 Å². The summed E-state index contributed by atoms with van der Waals surface area (Å²) in [6.45, 7) is 6.03. The van der Waals surface area contributed by atoms with Gasteiger partial charge in [-0.15, -0.1) is 0 Å². The third-order valence-electron chi connectivity index (χ3n) is 7.36. The third kappa shape index (κ3) is 5.18. The summed E-state index contributed by atoms with van der Waals surface area (Å²) in [5.41, 5.74) is 8.91. The van der Waals surface area contributed by atoms with Crippen molar-refractivity contribution in [2.45, 2.75) is 45.1 Å². The zero-order chi connectivity index (χ0) is 31.1. The molecule has 3 aromatic rings. The molecule has 0 bridgehead atoms. The van der Waals surface area contributed by atoms with Crippen LogP contribution in [0.2, 0.25) is 0 Å². The maximum atomic E-state index is 13.3. The van der Waals surface area contributed by atoms with Crippen molar-refractivity contribution in [1.29, 1.82) is 0 Å². The van der Waals surface area contributed by atoms with Crippen molar-refractivity contribution >= 4 is 40.3 Å². The molecule has 2 aliphatic heterocycles. The van der Waals surface area contributed by atoms with E-state index in [2.05, 4.69) is 32.6 Å². The summed E-state index contributed by atoms with van der Waals surface area (Å²) in [7, 11) is 0. The highest BCUT2D eigenvalue weighted by Crippen LogP contribution is 2.38. The number of ether oxygens (including phenoxy) is 1. The van der Waals surface area contributed by atoms with Gasteiger partial charge in [0.25, 0.3) is 11.5 Å². The molecule has 2 aromatic heterocycles. The van der Waals surface area contributed by atoms with Gasteiger partial charge >= 0.3 is 5.97 Å². The van der Waals surface area contributed by atoms with Gasteiger partial charge in [-0.05, 0) is 49.2 Å². The summed E-state index contributed by atoms with van der Waals surface area (Å²) < 4.78 is 6.64. The number of cyclic esters (lactones) is 1. The first-order valence-corrected chi connectivity index (χ1v) is 13.2. The van der Waals surface area contributed by atoms with Crippen LogP contribution in [-0.2, 0) is 42.7 Å². The minimum absolute atomic E-state index is 0.0424. The van der Waals surface area contributed by atoms with Crippen LogP contribution in [0.15, 0.2) is 52.5 Å². The normalized spacial score (nSPS) is 17.0. The molecule has 220 valence electrons. The number of nitrogens with zero attached hydrogens (tertiary/aromatic N) is 5. The second-order valence-electron chi connectivity index (χ2n) is 10.1. The molecule has 0 spiro atoms. The summed E-state index contributed by atoms with van der Waals surface area (Å²) in [5.74, 6) is -2.86. The Morgan fingerprint density at radius 1 is 1.28 bits per heavy atom. The summed E-state index contributed by atoms with van der Waals surface area (Å²) in [6.07, 6.45) is 0.0424. The lowest BCUT2D eigenvalue weighted by molar-refractivity contribution is -0.172. The molecule has 0 fully saturated rings. The highest BCUT2D eigenvalue weighted by molar-refractivity contribution is 6.02. The number of hydrogen-bond acceptors (Lipinski definition) is 9. The van der Waals surface area contributed by atoms with Crippen LogP contribution in [-0.4, -0.2) is 50.9 Å². The molecule has 0 radical (unpaired) electrons. The minimum atomic E-state index is -1.92.